The Morgan fingerprint density at radius 1 is 1.17 bits per heavy atom. The van der Waals surface area contributed by atoms with Crippen molar-refractivity contribution in [3.63, 3.8) is 0 Å². The summed E-state index contributed by atoms with van der Waals surface area (Å²) in [5.74, 6) is 0. The molecule has 0 aliphatic carbocycles. The van der Waals surface area contributed by atoms with Gasteiger partial charge in [-0.25, -0.2) is 0 Å². The van der Waals surface area contributed by atoms with E-state index in [-0.39, 0.29) is 12.0 Å². The van der Waals surface area contributed by atoms with E-state index in [2.05, 4.69) is 68.4 Å². The first-order chi connectivity index (χ1) is 11.3. The molecule has 4 nitrogen and oxygen atoms in total. The average Bonchev–Trinajstić information content (AvgIpc) is 2.78. The lowest BCUT2D eigenvalue weighted by molar-refractivity contribution is 0.263. The lowest BCUT2D eigenvalue weighted by Gasteiger charge is -2.32. The number of aliphatic hydroxyl groups is 1. The van der Waals surface area contributed by atoms with Crippen molar-refractivity contribution < 1.29 is 5.11 Å². The summed E-state index contributed by atoms with van der Waals surface area (Å²) in [5, 5.41) is 17.4. The van der Waals surface area contributed by atoms with Crippen LogP contribution in [0.25, 0.3) is 0 Å². The molecular formula is C20H31N3O. The summed E-state index contributed by atoms with van der Waals surface area (Å²) in [6.45, 7) is 12.4. The zero-order chi connectivity index (χ0) is 17.7. The monoisotopic (exact) mass is 329 g/mol. The highest BCUT2D eigenvalue weighted by Gasteiger charge is 2.25. The molecule has 0 fully saturated rings. The quantitative estimate of drug-likeness (QED) is 0.820. The van der Waals surface area contributed by atoms with Crippen molar-refractivity contribution in [2.75, 3.05) is 6.61 Å². The molecule has 1 aromatic carbocycles. The van der Waals surface area contributed by atoms with E-state index in [4.69, 9.17) is 5.11 Å². The van der Waals surface area contributed by atoms with Crippen molar-refractivity contribution >= 4 is 0 Å². The molecule has 2 aromatic rings. The lowest BCUT2D eigenvalue weighted by atomic mass is 9.83. The van der Waals surface area contributed by atoms with Crippen LogP contribution in [0.15, 0.2) is 30.3 Å². The van der Waals surface area contributed by atoms with Crippen LogP contribution in [-0.2, 0) is 19.5 Å². The van der Waals surface area contributed by atoms with Gasteiger partial charge in [0.1, 0.15) is 0 Å². The Balaban J connectivity index is 2.11. The van der Waals surface area contributed by atoms with E-state index in [1.807, 2.05) is 11.6 Å². The van der Waals surface area contributed by atoms with Gasteiger partial charge in [0.25, 0.3) is 0 Å². The Morgan fingerprint density at radius 3 is 2.42 bits per heavy atom. The Bertz CT molecular complexity index is 641. The number of hydrogen-bond donors (Lipinski definition) is 2. The molecular weight excluding hydrogens is 298 g/mol. The van der Waals surface area contributed by atoms with E-state index in [1.165, 1.54) is 11.1 Å². The fraction of sp³-hybridized carbons (Fsp3) is 0.550. The normalized spacial score (nSPS) is 13.2. The molecule has 0 saturated carbocycles. The second-order valence-corrected chi connectivity index (χ2v) is 7.59. The zero-order valence-electron chi connectivity index (χ0n) is 15.6. The zero-order valence-corrected chi connectivity index (χ0v) is 15.6. The predicted molar refractivity (Wildman–Crippen MR) is 99.0 cm³/mol. The van der Waals surface area contributed by atoms with E-state index < -0.39 is 0 Å². The van der Waals surface area contributed by atoms with Crippen molar-refractivity contribution in [1.29, 1.82) is 0 Å². The van der Waals surface area contributed by atoms with E-state index in [1.54, 1.807) is 0 Å². The van der Waals surface area contributed by atoms with Crippen molar-refractivity contribution in [3.8, 4) is 0 Å². The molecule has 4 heteroatoms. The van der Waals surface area contributed by atoms with Crippen LogP contribution < -0.4 is 5.32 Å². The largest absolute Gasteiger partial charge is 0.394 e. The fourth-order valence-corrected chi connectivity index (χ4v) is 3.06. The summed E-state index contributed by atoms with van der Waals surface area (Å²) >= 11 is 0. The SMILES string of the molecule is Cc1nn(CCO)c(C)c1CNC(Cc1ccccc1)C(C)(C)C. The minimum Gasteiger partial charge on any atom is -0.394 e. The van der Waals surface area contributed by atoms with Crippen LogP contribution in [0.5, 0.6) is 0 Å². The van der Waals surface area contributed by atoms with Gasteiger partial charge in [0.05, 0.1) is 18.8 Å². The van der Waals surface area contributed by atoms with Gasteiger partial charge in [-0.1, -0.05) is 51.1 Å². The molecule has 0 saturated heterocycles. The minimum atomic E-state index is 0.119. The first-order valence-electron chi connectivity index (χ1n) is 8.74. The number of benzene rings is 1. The minimum absolute atomic E-state index is 0.119. The van der Waals surface area contributed by atoms with E-state index in [0.29, 0.717) is 12.6 Å². The molecule has 0 bridgehead atoms. The van der Waals surface area contributed by atoms with Crippen molar-refractivity contribution in [3.05, 3.63) is 52.8 Å². The predicted octanol–water partition coefficient (Wildman–Crippen LogP) is 3.24. The van der Waals surface area contributed by atoms with E-state index in [9.17, 15) is 0 Å². The van der Waals surface area contributed by atoms with Crippen molar-refractivity contribution in [2.45, 2.75) is 60.2 Å². The van der Waals surface area contributed by atoms with Gasteiger partial charge in [-0.3, -0.25) is 4.68 Å². The van der Waals surface area contributed by atoms with Crippen LogP contribution >= 0.6 is 0 Å². The van der Waals surface area contributed by atoms with Gasteiger partial charge in [-0.15, -0.1) is 0 Å². The second-order valence-electron chi connectivity index (χ2n) is 7.59. The van der Waals surface area contributed by atoms with Crippen LogP contribution in [0.1, 0.15) is 43.3 Å². The molecule has 1 heterocycles. The maximum Gasteiger partial charge on any atom is 0.0644 e. The lowest BCUT2D eigenvalue weighted by Crippen LogP contribution is -2.41. The summed E-state index contributed by atoms with van der Waals surface area (Å²) in [6.07, 6.45) is 1.01. The smallest absolute Gasteiger partial charge is 0.0644 e. The summed E-state index contributed by atoms with van der Waals surface area (Å²) in [5.41, 5.74) is 4.95. The first-order valence-corrected chi connectivity index (χ1v) is 8.74. The van der Waals surface area contributed by atoms with Crippen molar-refractivity contribution in [1.82, 2.24) is 15.1 Å². The number of aliphatic hydroxyl groups excluding tert-OH is 1. The third-order valence-corrected chi connectivity index (χ3v) is 4.70. The third kappa shape index (κ3) is 4.68. The Hall–Kier alpha value is -1.65. The van der Waals surface area contributed by atoms with Gasteiger partial charge in [-0.05, 0) is 31.2 Å². The fourth-order valence-electron chi connectivity index (χ4n) is 3.06. The molecule has 132 valence electrons. The maximum atomic E-state index is 9.16. The molecule has 0 aliphatic heterocycles. The number of nitrogens with one attached hydrogen (secondary N) is 1. The number of nitrogens with zero attached hydrogens (tertiary/aromatic N) is 2. The van der Waals surface area contributed by atoms with E-state index >= 15 is 0 Å². The summed E-state index contributed by atoms with van der Waals surface area (Å²) in [7, 11) is 0. The van der Waals surface area contributed by atoms with Gasteiger partial charge in [0, 0.05) is 23.8 Å². The number of hydrogen-bond acceptors (Lipinski definition) is 3. The Morgan fingerprint density at radius 2 is 1.83 bits per heavy atom. The average molecular weight is 329 g/mol. The topological polar surface area (TPSA) is 50.1 Å². The number of rotatable bonds is 7. The Labute approximate surface area is 145 Å². The second kappa shape index (κ2) is 7.95. The molecule has 1 aromatic heterocycles. The highest BCUT2D eigenvalue weighted by molar-refractivity contribution is 5.25. The third-order valence-electron chi connectivity index (χ3n) is 4.70. The summed E-state index contributed by atoms with van der Waals surface area (Å²) in [4.78, 5) is 0. The molecule has 0 radical (unpaired) electrons. The van der Waals surface area contributed by atoms with Gasteiger partial charge in [-0.2, -0.15) is 5.10 Å². The van der Waals surface area contributed by atoms with Gasteiger partial charge < -0.3 is 10.4 Å². The van der Waals surface area contributed by atoms with Crippen molar-refractivity contribution in [2.24, 2.45) is 5.41 Å². The van der Waals surface area contributed by atoms with Crippen LogP contribution in [0.4, 0.5) is 0 Å². The first kappa shape index (κ1) is 18.7. The molecule has 2 rings (SSSR count). The van der Waals surface area contributed by atoms with Crippen LogP contribution in [0, 0.1) is 19.3 Å². The van der Waals surface area contributed by atoms with Crippen LogP contribution in [0.2, 0.25) is 0 Å². The molecule has 0 spiro atoms. The standard InChI is InChI=1S/C20H31N3O/c1-15-18(16(2)23(22-15)11-12-24)14-21-19(20(3,4)5)13-17-9-7-6-8-10-17/h6-10,19,21,24H,11-14H2,1-5H3. The van der Waals surface area contributed by atoms with Crippen LogP contribution in [-0.4, -0.2) is 27.5 Å². The highest BCUT2D eigenvalue weighted by atomic mass is 16.3. The molecule has 1 atom stereocenters. The van der Waals surface area contributed by atoms with Gasteiger partial charge in [0.2, 0.25) is 0 Å². The van der Waals surface area contributed by atoms with Crippen LogP contribution in [0.3, 0.4) is 0 Å². The molecule has 0 aliphatic rings. The maximum absolute atomic E-state index is 9.16. The van der Waals surface area contributed by atoms with Gasteiger partial charge >= 0.3 is 0 Å². The molecule has 0 amide bonds. The van der Waals surface area contributed by atoms with E-state index in [0.717, 1.165) is 24.4 Å². The molecule has 1 unspecified atom stereocenters. The molecule has 24 heavy (non-hydrogen) atoms. The summed E-state index contributed by atoms with van der Waals surface area (Å²) in [6, 6.07) is 11.0. The number of aromatic nitrogens is 2. The summed E-state index contributed by atoms with van der Waals surface area (Å²) < 4.78 is 1.90. The van der Waals surface area contributed by atoms with Gasteiger partial charge in [0.15, 0.2) is 0 Å². The highest BCUT2D eigenvalue weighted by Crippen LogP contribution is 2.24. The number of aryl methyl sites for hydroxylation is 1. The molecule has 2 N–H and O–H groups in total. The Kier molecular flexibility index (Phi) is 6.19.